The Morgan fingerprint density at radius 2 is 1.80 bits per heavy atom. The number of carbonyl (C=O) groups excluding carboxylic acids is 2. The van der Waals surface area contributed by atoms with Crippen LogP contribution in [0.1, 0.15) is 58.6 Å². The van der Waals surface area contributed by atoms with Gasteiger partial charge in [-0.25, -0.2) is 9.69 Å². The summed E-state index contributed by atoms with van der Waals surface area (Å²) in [5.41, 5.74) is 0.852. The highest BCUT2D eigenvalue weighted by Gasteiger charge is 2.54. The summed E-state index contributed by atoms with van der Waals surface area (Å²) in [6.45, 7) is 11.3. The molecule has 1 saturated heterocycles. The molecule has 1 aliphatic carbocycles. The van der Waals surface area contributed by atoms with E-state index in [1.54, 1.807) is 36.9 Å². The molecule has 0 spiro atoms. The van der Waals surface area contributed by atoms with Crippen molar-refractivity contribution in [1.29, 1.82) is 5.26 Å². The fourth-order valence-corrected chi connectivity index (χ4v) is 6.10. The minimum Gasteiger partial charge on any atom is -0.371 e. The summed E-state index contributed by atoms with van der Waals surface area (Å²) in [5, 5.41) is 38.7. The second kappa shape index (κ2) is 11.8. The molecule has 2 aliphatic heterocycles. The number of ether oxygens (including phenoxy) is 1. The number of carbonyl (C=O) groups is 2. The van der Waals surface area contributed by atoms with Gasteiger partial charge >= 0.3 is 6.03 Å². The molecule has 3 atom stereocenters. The molecule has 2 heterocycles. The standard InChI is InChI=1S/C32H41ClN6O5/c1-30(2,3)19-38-26-11-10-22(14-24(26)31(4,42)39(32(38,5)43)17-20-6-7-20)36-29(41)37-12-13-44-27(18-37)28(40)35-23-9-8-21(16-34)25(33)15-23/h8-11,14-15,20,27,42-43H,6-7,12-13,17-19H2,1-5H3,(H,35,40)(H,36,41). The second-order valence-electron chi connectivity index (χ2n) is 13.5. The van der Waals surface area contributed by atoms with E-state index in [1.807, 2.05) is 17.0 Å². The van der Waals surface area contributed by atoms with Crippen molar-refractivity contribution in [2.45, 2.75) is 65.1 Å². The highest BCUT2D eigenvalue weighted by molar-refractivity contribution is 6.32. The number of halogens is 1. The van der Waals surface area contributed by atoms with Crippen LogP contribution in [0.5, 0.6) is 0 Å². The summed E-state index contributed by atoms with van der Waals surface area (Å²) >= 11 is 6.09. The van der Waals surface area contributed by atoms with Crippen LogP contribution in [0, 0.1) is 22.7 Å². The molecule has 2 fully saturated rings. The molecule has 11 nitrogen and oxygen atoms in total. The first-order chi connectivity index (χ1) is 20.6. The van der Waals surface area contributed by atoms with Gasteiger partial charge in [0.05, 0.1) is 23.7 Å². The highest BCUT2D eigenvalue weighted by atomic mass is 35.5. The Morgan fingerprint density at radius 1 is 1.11 bits per heavy atom. The monoisotopic (exact) mass is 624 g/mol. The Kier molecular flexibility index (Phi) is 8.61. The number of aliphatic hydroxyl groups is 2. The van der Waals surface area contributed by atoms with E-state index in [4.69, 9.17) is 21.6 Å². The predicted molar refractivity (Wildman–Crippen MR) is 168 cm³/mol. The summed E-state index contributed by atoms with van der Waals surface area (Å²) in [6.07, 6.45) is 1.22. The van der Waals surface area contributed by atoms with Crippen LogP contribution in [0.3, 0.4) is 0 Å². The summed E-state index contributed by atoms with van der Waals surface area (Å²) in [4.78, 5) is 31.5. The minimum absolute atomic E-state index is 0.0295. The van der Waals surface area contributed by atoms with E-state index in [1.165, 1.54) is 17.0 Å². The van der Waals surface area contributed by atoms with Gasteiger partial charge in [-0.3, -0.25) is 4.79 Å². The Hall–Kier alpha value is -3.40. The van der Waals surface area contributed by atoms with Gasteiger partial charge in [0.25, 0.3) is 5.91 Å². The first-order valence-corrected chi connectivity index (χ1v) is 15.3. The lowest BCUT2D eigenvalue weighted by molar-refractivity contribution is -0.233. The molecule has 1 saturated carbocycles. The van der Waals surface area contributed by atoms with Gasteiger partial charge in [-0.15, -0.1) is 0 Å². The number of nitrogens with one attached hydrogen (secondary N) is 2. The molecular weight excluding hydrogens is 584 g/mol. The van der Waals surface area contributed by atoms with Crippen molar-refractivity contribution in [3.63, 3.8) is 0 Å². The van der Waals surface area contributed by atoms with E-state index in [0.29, 0.717) is 53.7 Å². The molecule has 3 amide bonds. The number of nitrogens with zero attached hydrogens (tertiary/aromatic N) is 4. The lowest BCUT2D eigenvalue weighted by atomic mass is 9.89. The predicted octanol–water partition coefficient (Wildman–Crippen LogP) is 4.49. The number of anilines is 3. The Morgan fingerprint density at radius 3 is 2.43 bits per heavy atom. The van der Waals surface area contributed by atoms with Gasteiger partial charge in [0.1, 0.15) is 11.8 Å². The fraction of sp³-hybridized carbons (Fsp3) is 0.531. The van der Waals surface area contributed by atoms with Crippen LogP contribution < -0.4 is 15.5 Å². The Balaban J connectivity index is 1.33. The topological polar surface area (TPSA) is 141 Å². The van der Waals surface area contributed by atoms with Crippen LogP contribution in [-0.4, -0.2) is 76.7 Å². The lowest BCUT2D eigenvalue weighted by Crippen LogP contribution is -2.69. The molecule has 5 rings (SSSR count). The zero-order valence-corrected chi connectivity index (χ0v) is 26.6. The summed E-state index contributed by atoms with van der Waals surface area (Å²) < 4.78 is 5.65. The van der Waals surface area contributed by atoms with E-state index in [0.717, 1.165) is 12.8 Å². The normalized spacial score (nSPS) is 25.7. The maximum absolute atomic E-state index is 13.4. The third-order valence-corrected chi connectivity index (χ3v) is 8.68. The van der Waals surface area contributed by atoms with Crippen molar-refractivity contribution < 1.29 is 24.5 Å². The summed E-state index contributed by atoms with van der Waals surface area (Å²) in [5.74, 6) is -1.45. The molecular formula is C32H41ClN6O5. The van der Waals surface area contributed by atoms with E-state index < -0.39 is 29.6 Å². The molecule has 12 heteroatoms. The zero-order chi connectivity index (χ0) is 32.0. The van der Waals surface area contributed by atoms with Crippen LogP contribution in [0.25, 0.3) is 0 Å². The number of benzene rings is 2. The molecule has 44 heavy (non-hydrogen) atoms. The second-order valence-corrected chi connectivity index (χ2v) is 13.9. The molecule has 2 aromatic carbocycles. The Bertz CT molecular complexity index is 1480. The maximum atomic E-state index is 13.4. The lowest BCUT2D eigenvalue weighted by Gasteiger charge is -2.57. The van der Waals surface area contributed by atoms with E-state index in [2.05, 4.69) is 31.4 Å². The molecule has 0 aromatic heterocycles. The van der Waals surface area contributed by atoms with Gasteiger partial charge < -0.3 is 35.4 Å². The Labute approximate surface area is 263 Å². The number of fused-ring (bicyclic) bond motifs is 1. The molecule has 3 unspecified atom stereocenters. The van der Waals surface area contributed by atoms with Gasteiger partial charge in [-0.05, 0) is 74.4 Å². The molecule has 2 aromatic rings. The van der Waals surface area contributed by atoms with Gasteiger partial charge in [0.15, 0.2) is 12.0 Å². The largest absolute Gasteiger partial charge is 0.371 e. The average molecular weight is 625 g/mol. The van der Waals surface area contributed by atoms with Gasteiger partial charge in [-0.1, -0.05) is 32.4 Å². The van der Waals surface area contributed by atoms with Gasteiger partial charge in [0, 0.05) is 42.3 Å². The third-order valence-electron chi connectivity index (χ3n) is 8.37. The SMILES string of the molecule is CC(C)(C)CN1c2ccc(NC(=O)N3CCOC(C(=O)Nc4ccc(C#N)c(Cl)c4)C3)cc2C(C)(O)N(CC2CC2)C1(C)O. The molecule has 0 bridgehead atoms. The van der Waals surface area contributed by atoms with Crippen molar-refractivity contribution in [2.24, 2.45) is 11.3 Å². The van der Waals surface area contributed by atoms with Crippen molar-refractivity contribution in [1.82, 2.24) is 9.80 Å². The number of hydrogen-bond acceptors (Lipinski definition) is 8. The number of amides is 3. The number of rotatable bonds is 6. The average Bonchev–Trinajstić information content (AvgIpc) is 3.78. The summed E-state index contributed by atoms with van der Waals surface area (Å²) in [7, 11) is 0. The zero-order valence-electron chi connectivity index (χ0n) is 25.9. The molecule has 4 N–H and O–H groups in total. The van der Waals surface area contributed by atoms with Crippen LogP contribution in [0.15, 0.2) is 36.4 Å². The summed E-state index contributed by atoms with van der Waals surface area (Å²) in [6, 6.07) is 11.5. The van der Waals surface area contributed by atoms with Gasteiger partial charge in [0.2, 0.25) is 0 Å². The van der Waals surface area contributed by atoms with Crippen LogP contribution >= 0.6 is 11.6 Å². The van der Waals surface area contributed by atoms with Crippen molar-refractivity contribution in [3.05, 3.63) is 52.5 Å². The van der Waals surface area contributed by atoms with Crippen LogP contribution in [0.2, 0.25) is 5.02 Å². The number of urea groups is 1. The first-order valence-electron chi connectivity index (χ1n) is 14.9. The first kappa shape index (κ1) is 32.0. The van der Waals surface area contributed by atoms with Crippen LogP contribution in [-0.2, 0) is 15.3 Å². The number of morpholine rings is 1. The van der Waals surface area contributed by atoms with Crippen molar-refractivity contribution in [2.75, 3.05) is 48.3 Å². The third kappa shape index (κ3) is 6.65. The molecule has 236 valence electrons. The van der Waals surface area contributed by atoms with Crippen molar-refractivity contribution in [3.8, 4) is 6.07 Å². The minimum atomic E-state index is -1.49. The fourth-order valence-electron chi connectivity index (χ4n) is 5.88. The maximum Gasteiger partial charge on any atom is 0.322 e. The quantitative estimate of drug-likeness (QED) is 0.368. The van der Waals surface area contributed by atoms with E-state index in [-0.39, 0.29) is 23.6 Å². The number of nitriles is 1. The van der Waals surface area contributed by atoms with Gasteiger partial charge in [-0.2, -0.15) is 5.26 Å². The molecule has 0 radical (unpaired) electrons. The van der Waals surface area contributed by atoms with Crippen molar-refractivity contribution >= 4 is 40.6 Å². The van der Waals surface area contributed by atoms with E-state index in [9.17, 15) is 19.8 Å². The number of hydrogen-bond donors (Lipinski definition) is 4. The highest BCUT2D eigenvalue weighted by Crippen LogP contribution is 2.48. The smallest absolute Gasteiger partial charge is 0.322 e. The van der Waals surface area contributed by atoms with Crippen LogP contribution in [0.4, 0.5) is 21.9 Å². The van der Waals surface area contributed by atoms with E-state index >= 15 is 0 Å². The molecule has 3 aliphatic rings.